The van der Waals surface area contributed by atoms with Crippen LogP contribution in [0.2, 0.25) is 0 Å². The van der Waals surface area contributed by atoms with E-state index in [1.165, 1.54) is 18.5 Å². The van der Waals surface area contributed by atoms with Gasteiger partial charge < -0.3 is 5.73 Å². The first kappa shape index (κ1) is 10.7. The molecule has 1 atom stereocenters. The number of hydrogen-bond donors (Lipinski definition) is 1. The van der Waals surface area contributed by atoms with Gasteiger partial charge in [-0.15, -0.1) is 0 Å². The van der Waals surface area contributed by atoms with Crippen molar-refractivity contribution in [3.8, 4) is 0 Å². The Morgan fingerprint density at radius 3 is 2.67 bits per heavy atom. The van der Waals surface area contributed by atoms with E-state index in [0.717, 1.165) is 24.6 Å². The van der Waals surface area contributed by atoms with Gasteiger partial charge >= 0.3 is 0 Å². The molecule has 0 saturated heterocycles. The third kappa shape index (κ3) is 2.07. The van der Waals surface area contributed by atoms with E-state index in [9.17, 15) is 0 Å². The molecule has 1 saturated carbocycles. The molecule has 3 nitrogen and oxygen atoms in total. The summed E-state index contributed by atoms with van der Waals surface area (Å²) in [5.41, 5.74) is 8.61. The van der Waals surface area contributed by atoms with Crippen LogP contribution >= 0.6 is 0 Å². The molecule has 0 aliphatic heterocycles. The number of aromatic nitrogens is 2. The first-order valence-electron chi connectivity index (χ1n) is 5.75. The standard InChI is InChI=1S/C12H21N3/c1-9-6-11(15(3)14-9)7-12(2,8-13)10-4-5-10/h6,10H,4-5,7-8,13H2,1-3H3. The third-order valence-corrected chi connectivity index (χ3v) is 3.71. The molecule has 3 heteroatoms. The van der Waals surface area contributed by atoms with E-state index in [2.05, 4.69) is 18.1 Å². The van der Waals surface area contributed by atoms with Crippen molar-refractivity contribution in [1.29, 1.82) is 0 Å². The first-order valence-corrected chi connectivity index (χ1v) is 5.75. The van der Waals surface area contributed by atoms with Crippen molar-refractivity contribution in [2.24, 2.45) is 24.1 Å². The van der Waals surface area contributed by atoms with Gasteiger partial charge in [0.1, 0.15) is 0 Å². The molecule has 2 N–H and O–H groups in total. The van der Waals surface area contributed by atoms with Crippen LogP contribution in [0.4, 0.5) is 0 Å². The highest BCUT2D eigenvalue weighted by Gasteiger charge is 2.40. The highest BCUT2D eigenvalue weighted by atomic mass is 15.3. The van der Waals surface area contributed by atoms with Crippen molar-refractivity contribution in [2.75, 3.05) is 6.54 Å². The van der Waals surface area contributed by atoms with E-state index in [-0.39, 0.29) is 5.41 Å². The lowest BCUT2D eigenvalue weighted by atomic mass is 9.80. The minimum atomic E-state index is 0.278. The lowest BCUT2D eigenvalue weighted by molar-refractivity contribution is 0.275. The highest BCUT2D eigenvalue weighted by Crippen LogP contribution is 2.46. The van der Waals surface area contributed by atoms with Crippen LogP contribution in [-0.4, -0.2) is 16.3 Å². The predicted molar refractivity (Wildman–Crippen MR) is 61.5 cm³/mol. The van der Waals surface area contributed by atoms with Gasteiger partial charge in [0.15, 0.2) is 0 Å². The summed E-state index contributed by atoms with van der Waals surface area (Å²) in [5.74, 6) is 0.831. The van der Waals surface area contributed by atoms with E-state index in [4.69, 9.17) is 5.73 Å². The monoisotopic (exact) mass is 207 g/mol. The van der Waals surface area contributed by atoms with Crippen LogP contribution in [0.25, 0.3) is 0 Å². The summed E-state index contributed by atoms with van der Waals surface area (Å²) in [5, 5.41) is 4.39. The summed E-state index contributed by atoms with van der Waals surface area (Å²) >= 11 is 0. The molecule has 2 rings (SSSR count). The zero-order valence-corrected chi connectivity index (χ0v) is 9.95. The second kappa shape index (κ2) is 3.63. The molecule has 15 heavy (non-hydrogen) atoms. The van der Waals surface area contributed by atoms with Gasteiger partial charge in [0.25, 0.3) is 0 Å². The fourth-order valence-corrected chi connectivity index (χ4v) is 2.41. The van der Waals surface area contributed by atoms with Crippen molar-refractivity contribution in [2.45, 2.75) is 33.1 Å². The van der Waals surface area contributed by atoms with Crippen LogP contribution in [0, 0.1) is 18.3 Å². The van der Waals surface area contributed by atoms with Crippen LogP contribution in [0.3, 0.4) is 0 Å². The molecule has 1 heterocycles. The number of nitrogens with zero attached hydrogens (tertiary/aromatic N) is 2. The molecular weight excluding hydrogens is 186 g/mol. The SMILES string of the molecule is Cc1cc(CC(C)(CN)C2CC2)n(C)n1. The largest absolute Gasteiger partial charge is 0.330 e. The molecule has 0 aromatic carbocycles. The molecule has 1 fully saturated rings. The van der Waals surface area contributed by atoms with Gasteiger partial charge in [-0.2, -0.15) is 5.10 Å². The molecule has 1 aliphatic rings. The Morgan fingerprint density at radius 1 is 1.60 bits per heavy atom. The normalized spacial score (nSPS) is 20.3. The van der Waals surface area contributed by atoms with Crippen molar-refractivity contribution < 1.29 is 0 Å². The lowest BCUT2D eigenvalue weighted by Crippen LogP contribution is -2.32. The van der Waals surface area contributed by atoms with Crippen LogP contribution in [0.1, 0.15) is 31.2 Å². The molecule has 1 aliphatic carbocycles. The van der Waals surface area contributed by atoms with E-state index in [1.54, 1.807) is 0 Å². The average molecular weight is 207 g/mol. The van der Waals surface area contributed by atoms with E-state index in [0.29, 0.717) is 0 Å². The molecular formula is C12H21N3. The van der Waals surface area contributed by atoms with Crippen molar-refractivity contribution in [3.05, 3.63) is 17.5 Å². The van der Waals surface area contributed by atoms with Gasteiger partial charge in [-0.05, 0) is 50.1 Å². The molecule has 0 spiro atoms. The molecule has 1 aromatic heterocycles. The Labute approximate surface area is 91.7 Å². The average Bonchev–Trinajstić information content (AvgIpc) is 2.96. The second-order valence-electron chi connectivity index (χ2n) is 5.21. The van der Waals surface area contributed by atoms with Crippen molar-refractivity contribution >= 4 is 0 Å². The maximum Gasteiger partial charge on any atom is 0.0596 e. The third-order valence-electron chi connectivity index (χ3n) is 3.71. The van der Waals surface area contributed by atoms with Gasteiger partial charge in [0.2, 0.25) is 0 Å². The molecule has 1 unspecified atom stereocenters. The maximum atomic E-state index is 5.92. The number of rotatable bonds is 4. The quantitative estimate of drug-likeness (QED) is 0.815. The van der Waals surface area contributed by atoms with Crippen LogP contribution in [-0.2, 0) is 13.5 Å². The number of aryl methyl sites for hydroxylation is 2. The van der Waals surface area contributed by atoms with Gasteiger partial charge in [0, 0.05) is 12.7 Å². The van der Waals surface area contributed by atoms with E-state index >= 15 is 0 Å². The molecule has 0 bridgehead atoms. The highest BCUT2D eigenvalue weighted by molar-refractivity contribution is 5.12. The smallest absolute Gasteiger partial charge is 0.0596 e. The van der Waals surface area contributed by atoms with Crippen molar-refractivity contribution in [3.63, 3.8) is 0 Å². The summed E-state index contributed by atoms with van der Waals surface area (Å²) in [6, 6.07) is 2.18. The minimum Gasteiger partial charge on any atom is -0.330 e. The summed E-state index contributed by atoms with van der Waals surface area (Å²) in [7, 11) is 2.02. The summed E-state index contributed by atoms with van der Waals surface area (Å²) in [6.07, 6.45) is 3.76. The van der Waals surface area contributed by atoms with Gasteiger partial charge in [0.05, 0.1) is 5.69 Å². The van der Waals surface area contributed by atoms with Gasteiger partial charge in [-0.25, -0.2) is 0 Å². The van der Waals surface area contributed by atoms with Crippen LogP contribution in [0.5, 0.6) is 0 Å². The van der Waals surface area contributed by atoms with Gasteiger partial charge in [-0.3, -0.25) is 4.68 Å². The zero-order valence-electron chi connectivity index (χ0n) is 9.95. The molecule has 0 amide bonds. The molecule has 0 radical (unpaired) electrons. The Bertz CT molecular complexity index is 352. The van der Waals surface area contributed by atoms with E-state index in [1.807, 2.05) is 18.7 Å². The Kier molecular flexibility index (Phi) is 2.59. The lowest BCUT2D eigenvalue weighted by Gasteiger charge is -2.27. The summed E-state index contributed by atoms with van der Waals surface area (Å²) in [4.78, 5) is 0. The Morgan fingerprint density at radius 2 is 2.27 bits per heavy atom. The zero-order chi connectivity index (χ0) is 11.1. The Balaban J connectivity index is 2.15. The fourth-order valence-electron chi connectivity index (χ4n) is 2.41. The van der Waals surface area contributed by atoms with Crippen molar-refractivity contribution in [1.82, 2.24) is 9.78 Å². The molecule has 84 valence electrons. The predicted octanol–water partition coefficient (Wildman–Crippen LogP) is 1.65. The molecule has 1 aromatic rings. The van der Waals surface area contributed by atoms with Crippen LogP contribution in [0.15, 0.2) is 6.07 Å². The summed E-state index contributed by atoms with van der Waals surface area (Å²) < 4.78 is 1.99. The van der Waals surface area contributed by atoms with Crippen LogP contribution < -0.4 is 5.73 Å². The van der Waals surface area contributed by atoms with E-state index < -0.39 is 0 Å². The fraction of sp³-hybridized carbons (Fsp3) is 0.750. The number of hydrogen-bond acceptors (Lipinski definition) is 2. The first-order chi connectivity index (χ1) is 7.05. The second-order valence-corrected chi connectivity index (χ2v) is 5.21. The Hall–Kier alpha value is -0.830. The minimum absolute atomic E-state index is 0.278. The maximum absolute atomic E-state index is 5.92. The van der Waals surface area contributed by atoms with Gasteiger partial charge in [-0.1, -0.05) is 6.92 Å². The summed E-state index contributed by atoms with van der Waals surface area (Å²) in [6.45, 7) is 5.13. The topological polar surface area (TPSA) is 43.8 Å². The number of nitrogens with two attached hydrogens (primary N) is 1.